The molecule has 1 atom stereocenters. The van der Waals surface area contributed by atoms with E-state index in [1.54, 1.807) is 12.1 Å². The molecule has 2 rings (SSSR count). The highest BCUT2D eigenvalue weighted by atomic mass is 19.1. The Kier molecular flexibility index (Phi) is 5.80. The molecule has 1 aliphatic heterocycles. The molecule has 0 spiro atoms. The van der Waals surface area contributed by atoms with Gasteiger partial charge in [0.1, 0.15) is 5.82 Å². The molecule has 0 aliphatic carbocycles. The lowest BCUT2D eigenvalue weighted by molar-refractivity contribution is 0.204. The smallest absolute Gasteiger partial charge is 0.128 e. The van der Waals surface area contributed by atoms with Crippen LogP contribution in [-0.2, 0) is 0 Å². The summed E-state index contributed by atoms with van der Waals surface area (Å²) in [5.74, 6) is -0.0897. The molecule has 0 saturated carbocycles. The molecule has 19 heavy (non-hydrogen) atoms. The average molecular weight is 264 g/mol. The molecular weight excluding hydrogens is 239 g/mol. The second-order valence-electron chi connectivity index (χ2n) is 5.39. The Labute approximate surface area is 116 Å². The molecular formula is C16H25FN2. The number of nitrogens with zero attached hydrogens (tertiary/aromatic N) is 1. The number of benzene rings is 1. The number of hydrogen-bond acceptors (Lipinski definition) is 2. The first-order valence-electron chi connectivity index (χ1n) is 7.51. The number of rotatable bonds is 6. The molecule has 0 radical (unpaired) electrons. The minimum Gasteiger partial charge on any atom is -0.309 e. The van der Waals surface area contributed by atoms with E-state index in [1.807, 2.05) is 12.1 Å². The fourth-order valence-corrected chi connectivity index (χ4v) is 2.75. The van der Waals surface area contributed by atoms with Gasteiger partial charge < -0.3 is 10.2 Å². The summed E-state index contributed by atoms with van der Waals surface area (Å²) in [6.07, 6.45) is 4.96. The minimum atomic E-state index is -0.0897. The second-order valence-corrected chi connectivity index (χ2v) is 5.39. The highest BCUT2D eigenvalue weighted by Gasteiger charge is 2.19. The SMILES string of the molecule is CCCNC(CN1CCCCC1)c1ccccc1F. The zero-order valence-electron chi connectivity index (χ0n) is 11.9. The summed E-state index contributed by atoms with van der Waals surface area (Å²) in [5.41, 5.74) is 0.807. The first-order chi connectivity index (χ1) is 9.31. The van der Waals surface area contributed by atoms with Crippen molar-refractivity contribution in [3.63, 3.8) is 0 Å². The Morgan fingerprint density at radius 1 is 1.21 bits per heavy atom. The van der Waals surface area contributed by atoms with Gasteiger partial charge >= 0.3 is 0 Å². The fourth-order valence-electron chi connectivity index (χ4n) is 2.75. The van der Waals surface area contributed by atoms with Crippen molar-refractivity contribution in [2.75, 3.05) is 26.2 Å². The average Bonchev–Trinajstić information content (AvgIpc) is 2.45. The maximum Gasteiger partial charge on any atom is 0.128 e. The predicted molar refractivity (Wildman–Crippen MR) is 77.7 cm³/mol. The first-order valence-corrected chi connectivity index (χ1v) is 7.51. The van der Waals surface area contributed by atoms with Crippen molar-refractivity contribution < 1.29 is 4.39 Å². The lowest BCUT2D eigenvalue weighted by Crippen LogP contribution is -2.38. The summed E-state index contributed by atoms with van der Waals surface area (Å²) in [4.78, 5) is 2.46. The molecule has 1 unspecified atom stereocenters. The Morgan fingerprint density at radius 3 is 2.63 bits per heavy atom. The summed E-state index contributed by atoms with van der Waals surface area (Å²) in [5, 5.41) is 3.49. The fraction of sp³-hybridized carbons (Fsp3) is 0.625. The molecule has 106 valence electrons. The zero-order valence-corrected chi connectivity index (χ0v) is 11.9. The van der Waals surface area contributed by atoms with Crippen LogP contribution < -0.4 is 5.32 Å². The van der Waals surface area contributed by atoms with Gasteiger partial charge in [0.15, 0.2) is 0 Å². The summed E-state index contributed by atoms with van der Waals surface area (Å²) in [6, 6.07) is 7.27. The zero-order chi connectivity index (χ0) is 13.5. The molecule has 1 aromatic rings. The summed E-state index contributed by atoms with van der Waals surface area (Å²) in [6.45, 7) is 6.30. The Hall–Kier alpha value is -0.930. The van der Waals surface area contributed by atoms with Gasteiger partial charge in [-0.3, -0.25) is 0 Å². The van der Waals surface area contributed by atoms with E-state index < -0.39 is 0 Å². The van der Waals surface area contributed by atoms with Crippen LogP contribution in [-0.4, -0.2) is 31.1 Å². The van der Waals surface area contributed by atoms with Gasteiger partial charge in [0.05, 0.1) is 0 Å². The maximum absolute atomic E-state index is 14.0. The Bertz CT molecular complexity index is 375. The van der Waals surface area contributed by atoms with Gasteiger partial charge in [-0.15, -0.1) is 0 Å². The Morgan fingerprint density at radius 2 is 1.95 bits per heavy atom. The molecule has 1 fully saturated rings. The van der Waals surface area contributed by atoms with E-state index in [0.29, 0.717) is 0 Å². The number of piperidine rings is 1. The third-order valence-electron chi connectivity index (χ3n) is 3.81. The van der Waals surface area contributed by atoms with Crippen molar-refractivity contribution in [1.82, 2.24) is 10.2 Å². The van der Waals surface area contributed by atoms with Crippen molar-refractivity contribution in [3.05, 3.63) is 35.6 Å². The Balaban J connectivity index is 2.04. The van der Waals surface area contributed by atoms with Crippen molar-refractivity contribution >= 4 is 0 Å². The molecule has 0 aromatic heterocycles. The maximum atomic E-state index is 14.0. The largest absolute Gasteiger partial charge is 0.309 e. The van der Waals surface area contributed by atoms with Crippen LogP contribution in [0.1, 0.15) is 44.2 Å². The standard InChI is InChI=1S/C16H25FN2/c1-2-10-18-16(13-19-11-6-3-7-12-19)14-8-4-5-9-15(14)17/h4-5,8-9,16,18H,2-3,6-7,10-13H2,1H3. The first kappa shape index (κ1) is 14.5. The van der Waals surface area contributed by atoms with Gasteiger partial charge in [-0.05, 0) is 45.0 Å². The van der Waals surface area contributed by atoms with Crippen molar-refractivity contribution in [2.45, 2.75) is 38.6 Å². The highest BCUT2D eigenvalue weighted by Crippen LogP contribution is 2.20. The third-order valence-corrected chi connectivity index (χ3v) is 3.81. The van der Waals surface area contributed by atoms with Crippen LogP contribution in [0.3, 0.4) is 0 Å². The predicted octanol–water partition coefficient (Wildman–Crippen LogP) is 3.35. The van der Waals surface area contributed by atoms with Gasteiger partial charge in [0.25, 0.3) is 0 Å². The molecule has 1 saturated heterocycles. The number of likely N-dealkylation sites (tertiary alicyclic amines) is 1. The van der Waals surface area contributed by atoms with Crippen LogP contribution in [0, 0.1) is 5.82 Å². The van der Waals surface area contributed by atoms with E-state index in [9.17, 15) is 4.39 Å². The van der Waals surface area contributed by atoms with E-state index in [0.717, 1.165) is 38.2 Å². The van der Waals surface area contributed by atoms with E-state index >= 15 is 0 Å². The van der Waals surface area contributed by atoms with Gasteiger partial charge in [0.2, 0.25) is 0 Å². The van der Waals surface area contributed by atoms with Crippen LogP contribution in [0.15, 0.2) is 24.3 Å². The summed E-state index contributed by atoms with van der Waals surface area (Å²) in [7, 11) is 0. The molecule has 1 aliphatic rings. The topological polar surface area (TPSA) is 15.3 Å². The summed E-state index contributed by atoms with van der Waals surface area (Å²) < 4.78 is 14.0. The van der Waals surface area contributed by atoms with Gasteiger partial charge in [-0.1, -0.05) is 31.5 Å². The molecule has 1 aromatic carbocycles. The lowest BCUT2D eigenvalue weighted by atomic mass is 10.0. The van der Waals surface area contributed by atoms with Crippen LogP contribution in [0.2, 0.25) is 0 Å². The number of hydrogen-bond donors (Lipinski definition) is 1. The molecule has 2 nitrogen and oxygen atoms in total. The van der Waals surface area contributed by atoms with Crippen molar-refractivity contribution in [1.29, 1.82) is 0 Å². The van der Waals surface area contributed by atoms with Gasteiger partial charge in [-0.25, -0.2) is 4.39 Å². The minimum absolute atomic E-state index is 0.0897. The molecule has 3 heteroatoms. The van der Waals surface area contributed by atoms with E-state index in [4.69, 9.17) is 0 Å². The lowest BCUT2D eigenvalue weighted by Gasteiger charge is -2.31. The van der Waals surface area contributed by atoms with E-state index in [2.05, 4.69) is 17.1 Å². The molecule has 1 heterocycles. The number of halogens is 1. The summed E-state index contributed by atoms with van der Waals surface area (Å²) >= 11 is 0. The van der Waals surface area contributed by atoms with Gasteiger partial charge in [-0.2, -0.15) is 0 Å². The van der Waals surface area contributed by atoms with Crippen molar-refractivity contribution in [2.24, 2.45) is 0 Å². The second kappa shape index (κ2) is 7.61. The molecule has 0 amide bonds. The normalized spacial score (nSPS) is 18.4. The monoisotopic (exact) mass is 264 g/mol. The van der Waals surface area contributed by atoms with Crippen LogP contribution in [0.4, 0.5) is 4.39 Å². The van der Waals surface area contributed by atoms with Gasteiger partial charge in [0, 0.05) is 18.2 Å². The van der Waals surface area contributed by atoms with Crippen LogP contribution in [0.5, 0.6) is 0 Å². The van der Waals surface area contributed by atoms with E-state index in [1.165, 1.54) is 19.3 Å². The van der Waals surface area contributed by atoms with Crippen LogP contribution >= 0.6 is 0 Å². The highest BCUT2D eigenvalue weighted by molar-refractivity contribution is 5.21. The van der Waals surface area contributed by atoms with Crippen molar-refractivity contribution in [3.8, 4) is 0 Å². The molecule has 1 N–H and O–H groups in total. The van der Waals surface area contributed by atoms with E-state index in [-0.39, 0.29) is 11.9 Å². The quantitative estimate of drug-likeness (QED) is 0.847. The third kappa shape index (κ3) is 4.29. The molecule has 0 bridgehead atoms. The number of nitrogens with one attached hydrogen (secondary N) is 1. The van der Waals surface area contributed by atoms with Crippen LogP contribution in [0.25, 0.3) is 0 Å².